The molecule has 0 aromatic heterocycles. The van der Waals surface area contributed by atoms with E-state index in [4.69, 9.17) is 10.5 Å². The molecule has 2 nitrogen and oxygen atoms in total. The van der Waals surface area contributed by atoms with Gasteiger partial charge in [-0.3, -0.25) is 0 Å². The molecule has 0 saturated carbocycles. The summed E-state index contributed by atoms with van der Waals surface area (Å²) in [7, 11) is 1.73. The van der Waals surface area contributed by atoms with Crippen LogP contribution in [0.15, 0.2) is 6.07 Å². The zero-order chi connectivity index (χ0) is 11.9. The Hall–Kier alpha value is -0.0000000000000000555. The van der Waals surface area contributed by atoms with E-state index in [1.54, 1.807) is 7.11 Å². The molecule has 0 unspecified atom stereocenters. The number of benzene rings is 1. The largest absolute Gasteiger partial charge is 0.495 e. The van der Waals surface area contributed by atoms with Crippen LogP contribution in [0.1, 0.15) is 37.0 Å². The maximum Gasteiger partial charge on any atom is 0.136 e. The summed E-state index contributed by atoms with van der Waals surface area (Å²) in [6.07, 6.45) is 2.33. The van der Waals surface area contributed by atoms with Gasteiger partial charge in [0, 0.05) is 12.1 Å². The number of nitrogens with two attached hydrogens (primary N) is 1. The van der Waals surface area contributed by atoms with E-state index in [1.165, 1.54) is 26.7 Å². The minimum Gasteiger partial charge on any atom is -0.495 e. The van der Waals surface area contributed by atoms with Gasteiger partial charge in [-0.25, -0.2) is 0 Å². The van der Waals surface area contributed by atoms with Gasteiger partial charge in [-0.15, -0.1) is 12.4 Å². The molecule has 17 heavy (non-hydrogen) atoms. The first-order valence-electron chi connectivity index (χ1n) is 5.60. The fourth-order valence-electron chi connectivity index (χ4n) is 2.62. The summed E-state index contributed by atoms with van der Waals surface area (Å²) >= 11 is 2.34. The summed E-state index contributed by atoms with van der Waals surface area (Å²) in [5.41, 5.74) is 10.2. The first-order valence-corrected chi connectivity index (χ1v) is 6.68. The van der Waals surface area contributed by atoms with Gasteiger partial charge in [-0.05, 0) is 58.0 Å². The van der Waals surface area contributed by atoms with Gasteiger partial charge in [-0.2, -0.15) is 0 Å². The Morgan fingerprint density at radius 2 is 2.12 bits per heavy atom. The van der Waals surface area contributed by atoms with E-state index in [-0.39, 0.29) is 17.8 Å². The van der Waals surface area contributed by atoms with Crippen molar-refractivity contribution in [2.75, 3.05) is 7.11 Å². The molecule has 0 aliphatic heterocycles. The van der Waals surface area contributed by atoms with E-state index >= 15 is 0 Å². The minimum absolute atomic E-state index is 0. The van der Waals surface area contributed by atoms with Crippen LogP contribution in [0.25, 0.3) is 0 Å². The highest BCUT2D eigenvalue weighted by Gasteiger charge is 2.33. The second kappa shape index (κ2) is 5.33. The maximum atomic E-state index is 5.87. The Morgan fingerprint density at radius 3 is 2.65 bits per heavy atom. The van der Waals surface area contributed by atoms with Gasteiger partial charge < -0.3 is 10.5 Å². The van der Waals surface area contributed by atoms with Crippen molar-refractivity contribution in [3.05, 3.63) is 26.3 Å². The van der Waals surface area contributed by atoms with E-state index < -0.39 is 0 Å². The molecule has 96 valence electrons. The monoisotopic (exact) mass is 367 g/mol. The molecule has 1 aromatic carbocycles. The number of rotatable bonds is 2. The molecule has 0 saturated heterocycles. The van der Waals surface area contributed by atoms with Gasteiger partial charge in [0.25, 0.3) is 0 Å². The number of hydrogen-bond donors (Lipinski definition) is 1. The summed E-state index contributed by atoms with van der Waals surface area (Å²) in [4.78, 5) is 0. The van der Waals surface area contributed by atoms with Crippen molar-refractivity contribution in [3.8, 4) is 5.75 Å². The van der Waals surface area contributed by atoms with Crippen LogP contribution in [0, 0.1) is 3.57 Å². The van der Waals surface area contributed by atoms with Crippen molar-refractivity contribution in [1.82, 2.24) is 0 Å². The molecule has 4 heteroatoms. The SMILES string of the molecule is COc1c(I)cc2c(c1CN)CCC2(C)C.Cl. The molecule has 1 aliphatic carbocycles. The van der Waals surface area contributed by atoms with Crippen molar-refractivity contribution in [1.29, 1.82) is 0 Å². The van der Waals surface area contributed by atoms with Crippen LogP contribution in [0.4, 0.5) is 0 Å². The summed E-state index contributed by atoms with van der Waals surface area (Å²) in [6.45, 7) is 5.18. The lowest BCUT2D eigenvalue weighted by molar-refractivity contribution is 0.406. The van der Waals surface area contributed by atoms with Gasteiger partial charge in [0.15, 0.2) is 0 Å². The highest BCUT2D eigenvalue weighted by molar-refractivity contribution is 14.1. The van der Waals surface area contributed by atoms with Crippen molar-refractivity contribution in [3.63, 3.8) is 0 Å². The van der Waals surface area contributed by atoms with E-state index in [0.29, 0.717) is 6.54 Å². The summed E-state index contributed by atoms with van der Waals surface area (Å²) in [5.74, 6) is 0.972. The van der Waals surface area contributed by atoms with Crippen LogP contribution in [0.3, 0.4) is 0 Å². The van der Waals surface area contributed by atoms with E-state index in [9.17, 15) is 0 Å². The average Bonchev–Trinajstić information content (AvgIpc) is 2.53. The third kappa shape index (κ3) is 2.42. The molecule has 2 rings (SSSR count). The molecule has 2 N–H and O–H groups in total. The molecular formula is C13H19ClINO. The second-order valence-corrected chi connectivity index (χ2v) is 6.15. The molecular weight excluding hydrogens is 349 g/mol. The number of ether oxygens (including phenoxy) is 1. The molecule has 0 bridgehead atoms. The molecule has 0 atom stereocenters. The number of fused-ring (bicyclic) bond motifs is 1. The maximum absolute atomic E-state index is 5.87. The van der Waals surface area contributed by atoms with Crippen molar-refractivity contribution in [2.45, 2.75) is 38.6 Å². The highest BCUT2D eigenvalue weighted by Crippen LogP contribution is 2.44. The first-order chi connectivity index (χ1) is 7.51. The normalized spacial score (nSPS) is 16.3. The fourth-order valence-corrected chi connectivity index (χ4v) is 3.48. The van der Waals surface area contributed by atoms with Crippen LogP contribution in [-0.4, -0.2) is 7.11 Å². The lowest BCUT2D eigenvalue weighted by Gasteiger charge is -2.21. The first kappa shape index (κ1) is 15.1. The number of halogens is 2. The average molecular weight is 368 g/mol. The Kier molecular flexibility index (Phi) is 4.72. The quantitative estimate of drug-likeness (QED) is 0.813. The number of methoxy groups -OCH3 is 1. The highest BCUT2D eigenvalue weighted by atomic mass is 127. The molecule has 0 fully saturated rings. The van der Waals surface area contributed by atoms with Crippen LogP contribution >= 0.6 is 35.0 Å². The molecule has 0 amide bonds. The Morgan fingerprint density at radius 1 is 1.47 bits per heavy atom. The molecule has 1 aliphatic rings. The summed E-state index contributed by atoms with van der Waals surface area (Å²) in [6, 6.07) is 2.26. The standard InChI is InChI=1S/C13H18INO.ClH/c1-13(2)5-4-8-9(7-15)12(16-3)11(14)6-10(8)13;/h6H,4-5,7,15H2,1-3H3;1H. The van der Waals surface area contributed by atoms with Crippen molar-refractivity contribution in [2.24, 2.45) is 5.73 Å². The molecule has 0 heterocycles. The molecule has 0 radical (unpaired) electrons. The lowest BCUT2D eigenvalue weighted by Crippen LogP contribution is -2.13. The van der Waals surface area contributed by atoms with Crippen LogP contribution in [0.5, 0.6) is 5.75 Å². The van der Waals surface area contributed by atoms with Crippen LogP contribution < -0.4 is 10.5 Å². The minimum atomic E-state index is 0. The van der Waals surface area contributed by atoms with Gasteiger partial charge in [0.05, 0.1) is 10.7 Å². The van der Waals surface area contributed by atoms with Gasteiger partial charge >= 0.3 is 0 Å². The van der Waals surface area contributed by atoms with Gasteiger partial charge in [-0.1, -0.05) is 13.8 Å². The Balaban J connectivity index is 0.00000144. The third-order valence-corrected chi connectivity index (χ3v) is 4.39. The van der Waals surface area contributed by atoms with Gasteiger partial charge in [0.1, 0.15) is 5.75 Å². The third-order valence-electron chi connectivity index (χ3n) is 3.59. The van der Waals surface area contributed by atoms with Gasteiger partial charge in [0.2, 0.25) is 0 Å². The number of hydrogen-bond acceptors (Lipinski definition) is 2. The molecule has 1 aromatic rings. The predicted octanol–water partition coefficient (Wildman–Crippen LogP) is 3.40. The summed E-state index contributed by atoms with van der Waals surface area (Å²) in [5, 5.41) is 0. The van der Waals surface area contributed by atoms with Crippen LogP contribution in [-0.2, 0) is 18.4 Å². The fraction of sp³-hybridized carbons (Fsp3) is 0.538. The summed E-state index contributed by atoms with van der Waals surface area (Å²) < 4.78 is 6.65. The van der Waals surface area contributed by atoms with Crippen molar-refractivity contribution >= 4 is 35.0 Å². The Labute approximate surface area is 123 Å². The van der Waals surface area contributed by atoms with Crippen LogP contribution in [0.2, 0.25) is 0 Å². The predicted molar refractivity (Wildman–Crippen MR) is 82.2 cm³/mol. The van der Waals surface area contributed by atoms with E-state index in [0.717, 1.165) is 12.2 Å². The van der Waals surface area contributed by atoms with E-state index in [1.807, 2.05) is 0 Å². The zero-order valence-corrected chi connectivity index (χ0v) is 13.4. The second-order valence-electron chi connectivity index (χ2n) is 4.98. The van der Waals surface area contributed by atoms with E-state index in [2.05, 4.69) is 42.5 Å². The lowest BCUT2D eigenvalue weighted by atomic mass is 9.86. The Bertz CT molecular complexity index is 432. The molecule has 0 spiro atoms. The van der Waals surface area contributed by atoms with Crippen molar-refractivity contribution < 1.29 is 4.74 Å². The topological polar surface area (TPSA) is 35.2 Å². The smallest absolute Gasteiger partial charge is 0.136 e. The zero-order valence-electron chi connectivity index (χ0n) is 10.5.